The molecule has 2 aromatic heterocycles. The zero-order valence-electron chi connectivity index (χ0n) is 32.2. The number of aryl methyl sites for hydroxylation is 1. The van der Waals surface area contributed by atoms with Gasteiger partial charge in [0.2, 0.25) is 0 Å². The molecule has 11 rings (SSSR count). The summed E-state index contributed by atoms with van der Waals surface area (Å²) in [5.41, 5.74) is 18.0. The van der Waals surface area contributed by atoms with Crippen LogP contribution in [0.4, 0.5) is 0 Å². The van der Waals surface area contributed by atoms with Gasteiger partial charge < -0.3 is 14.5 Å². The SMILES string of the molecule is CN/C(=C\Cc1cccc(-c2ccccc2)c1)c1cc(-n2c3c(c4ccccc42)CCC2=C3CCC=C2)cc(-n2c3ccccc3c3ccc4ccccc4c32)c1. The molecule has 0 aliphatic heterocycles. The van der Waals surface area contributed by atoms with Gasteiger partial charge in [-0.05, 0) is 101 Å². The van der Waals surface area contributed by atoms with Crippen LogP contribution in [0.1, 0.15) is 41.6 Å². The molecule has 0 amide bonds. The van der Waals surface area contributed by atoms with E-state index in [0.717, 1.165) is 49.1 Å². The highest BCUT2D eigenvalue weighted by Gasteiger charge is 2.28. The van der Waals surface area contributed by atoms with Gasteiger partial charge in [0.05, 0.1) is 22.2 Å². The first-order valence-electron chi connectivity index (χ1n) is 20.3. The highest BCUT2D eigenvalue weighted by molar-refractivity contribution is 6.18. The maximum Gasteiger partial charge on any atom is 0.0619 e. The Kier molecular flexibility index (Phi) is 8.06. The lowest BCUT2D eigenvalue weighted by Gasteiger charge is -2.25. The summed E-state index contributed by atoms with van der Waals surface area (Å²) in [4.78, 5) is 0. The number of nitrogens with one attached hydrogen (secondary N) is 1. The van der Waals surface area contributed by atoms with Gasteiger partial charge in [-0.3, -0.25) is 0 Å². The number of benzene rings is 7. The molecule has 0 saturated heterocycles. The van der Waals surface area contributed by atoms with Gasteiger partial charge in [-0.1, -0.05) is 146 Å². The summed E-state index contributed by atoms with van der Waals surface area (Å²) in [5, 5.41) is 10.1. The van der Waals surface area contributed by atoms with Gasteiger partial charge in [-0.2, -0.15) is 0 Å². The maximum absolute atomic E-state index is 3.65. The second-order valence-corrected chi connectivity index (χ2v) is 15.5. The van der Waals surface area contributed by atoms with E-state index in [9.17, 15) is 0 Å². The Bertz CT molecular complexity index is 3130. The molecule has 274 valence electrons. The van der Waals surface area contributed by atoms with Crippen molar-refractivity contribution in [3.05, 3.63) is 204 Å². The number of para-hydroxylation sites is 2. The molecule has 3 nitrogen and oxygen atoms in total. The van der Waals surface area contributed by atoms with Crippen molar-refractivity contribution in [2.45, 2.75) is 32.1 Å². The fourth-order valence-corrected chi connectivity index (χ4v) is 9.72. The predicted octanol–water partition coefficient (Wildman–Crippen LogP) is 13.4. The van der Waals surface area contributed by atoms with Crippen molar-refractivity contribution in [2.24, 2.45) is 0 Å². The molecule has 9 aromatic rings. The molecule has 1 N–H and O–H groups in total. The highest BCUT2D eigenvalue weighted by Crippen LogP contribution is 2.45. The standard InChI is InChI=1S/C54H43N3/c1-55-50(31-26-36-14-13-19-40(32-36)37-15-3-2-4-16-37)41-33-42(56-51-24-11-9-22-46(51)48-29-27-38-17-5-7-20-44(38)53(48)56)35-43(34-41)57-52-25-12-10-23-47(52)49-30-28-39-18-6-8-21-45(39)54(49)57/h2-7,9-20,22-25,27,29,31-35,55H,8,21,26,28,30H2,1H3/b50-31-. The van der Waals surface area contributed by atoms with Crippen LogP contribution in [0.5, 0.6) is 0 Å². The third-order valence-electron chi connectivity index (χ3n) is 12.3. The quantitative estimate of drug-likeness (QED) is 0.173. The van der Waals surface area contributed by atoms with E-state index >= 15 is 0 Å². The average Bonchev–Trinajstić information content (AvgIpc) is 3.81. The molecule has 57 heavy (non-hydrogen) atoms. The van der Waals surface area contributed by atoms with E-state index in [1.54, 1.807) is 0 Å². The van der Waals surface area contributed by atoms with E-state index in [1.807, 2.05) is 0 Å². The molecular weight excluding hydrogens is 691 g/mol. The van der Waals surface area contributed by atoms with E-state index in [4.69, 9.17) is 0 Å². The van der Waals surface area contributed by atoms with Crippen molar-refractivity contribution >= 4 is 54.8 Å². The average molecular weight is 734 g/mol. The minimum Gasteiger partial charge on any atom is -0.388 e. The molecule has 0 unspecified atom stereocenters. The van der Waals surface area contributed by atoms with E-state index in [1.165, 1.54) is 88.3 Å². The van der Waals surface area contributed by atoms with Gasteiger partial charge in [0, 0.05) is 51.2 Å². The number of rotatable bonds is 7. The van der Waals surface area contributed by atoms with Crippen LogP contribution in [-0.4, -0.2) is 16.2 Å². The Morgan fingerprint density at radius 1 is 0.596 bits per heavy atom. The Morgan fingerprint density at radius 3 is 2.16 bits per heavy atom. The van der Waals surface area contributed by atoms with Gasteiger partial charge in [0.25, 0.3) is 0 Å². The molecule has 0 atom stereocenters. The molecule has 2 heterocycles. The number of aromatic nitrogens is 2. The van der Waals surface area contributed by atoms with Gasteiger partial charge >= 0.3 is 0 Å². The largest absolute Gasteiger partial charge is 0.388 e. The van der Waals surface area contributed by atoms with E-state index in [2.05, 4.69) is 197 Å². The Balaban J connectivity index is 1.17. The van der Waals surface area contributed by atoms with Crippen LogP contribution >= 0.6 is 0 Å². The van der Waals surface area contributed by atoms with Gasteiger partial charge in [-0.25, -0.2) is 0 Å². The second-order valence-electron chi connectivity index (χ2n) is 15.5. The van der Waals surface area contributed by atoms with Crippen molar-refractivity contribution in [2.75, 3.05) is 7.05 Å². The van der Waals surface area contributed by atoms with E-state index < -0.39 is 0 Å². The molecule has 0 fully saturated rings. The lowest BCUT2D eigenvalue weighted by molar-refractivity contribution is 0.879. The number of allylic oxidation sites excluding steroid dienone is 5. The monoisotopic (exact) mass is 733 g/mol. The Labute approximate surface area is 333 Å². The summed E-state index contributed by atoms with van der Waals surface area (Å²) in [5.74, 6) is 0. The van der Waals surface area contributed by atoms with Crippen LogP contribution in [0.25, 0.3) is 77.3 Å². The summed E-state index contributed by atoms with van der Waals surface area (Å²) in [6.07, 6.45) is 12.2. The van der Waals surface area contributed by atoms with Gasteiger partial charge in [0.15, 0.2) is 0 Å². The second kappa shape index (κ2) is 13.7. The van der Waals surface area contributed by atoms with Crippen LogP contribution < -0.4 is 5.32 Å². The molecule has 0 saturated carbocycles. The normalized spacial score (nSPS) is 14.2. The summed E-state index contributed by atoms with van der Waals surface area (Å²) in [6, 6.07) is 58.2. The lowest BCUT2D eigenvalue weighted by Crippen LogP contribution is -2.11. The maximum atomic E-state index is 3.65. The molecule has 3 heteroatoms. The van der Waals surface area contributed by atoms with Crippen LogP contribution in [-0.2, 0) is 12.8 Å². The molecule has 2 aliphatic carbocycles. The minimum atomic E-state index is 0.806. The van der Waals surface area contributed by atoms with Crippen molar-refractivity contribution in [3.8, 4) is 22.5 Å². The number of hydrogen-bond donors (Lipinski definition) is 1. The number of hydrogen-bond acceptors (Lipinski definition) is 1. The molecule has 0 bridgehead atoms. The van der Waals surface area contributed by atoms with E-state index in [0.29, 0.717) is 0 Å². The minimum absolute atomic E-state index is 0.806. The third kappa shape index (κ3) is 5.57. The van der Waals surface area contributed by atoms with Crippen LogP contribution in [0.15, 0.2) is 182 Å². The first-order valence-corrected chi connectivity index (χ1v) is 20.3. The molecule has 7 aromatic carbocycles. The fourth-order valence-electron chi connectivity index (χ4n) is 9.72. The van der Waals surface area contributed by atoms with Gasteiger partial charge in [-0.15, -0.1) is 0 Å². The topological polar surface area (TPSA) is 21.9 Å². The summed E-state index contributed by atoms with van der Waals surface area (Å²) in [7, 11) is 2.06. The summed E-state index contributed by atoms with van der Waals surface area (Å²) in [6.45, 7) is 0. The molecule has 0 radical (unpaired) electrons. The summed E-state index contributed by atoms with van der Waals surface area (Å²) < 4.78 is 5.11. The molecule has 2 aliphatic rings. The molecular formula is C54H43N3. The summed E-state index contributed by atoms with van der Waals surface area (Å²) >= 11 is 0. The van der Waals surface area contributed by atoms with Crippen molar-refractivity contribution < 1.29 is 0 Å². The fraction of sp³-hybridized carbons (Fsp3) is 0.111. The highest BCUT2D eigenvalue weighted by atomic mass is 15.0. The van der Waals surface area contributed by atoms with Gasteiger partial charge in [0.1, 0.15) is 0 Å². The van der Waals surface area contributed by atoms with Crippen molar-refractivity contribution in [1.29, 1.82) is 0 Å². The number of nitrogens with zero attached hydrogens (tertiary/aromatic N) is 2. The first-order chi connectivity index (χ1) is 28.2. The van der Waals surface area contributed by atoms with Crippen LogP contribution in [0.2, 0.25) is 0 Å². The molecule has 0 spiro atoms. The van der Waals surface area contributed by atoms with Crippen LogP contribution in [0, 0.1) is 0 Å². The van der Waals surface area contributed by atoms with Crippen LogP contribution in [0.3, 0.4) is 0 Å². The van der Waals surface area contributed by atoms with Crippen molar-refractivity contribution in [3.63, 3.8) is 0 Å². The predicted molar refractivity (Wildman–Crippen MR) is 241 cm³/mol. The number of fused-ring (bicyclic) bond motifs is 9. The third-order valence-corrected chi connectivity index (χ3v) is 12.3. The van der Waals surface area contributed by atoms with Crippen molar-refractivity contribution in [1.82, 2.24) is 14.5 Å². The smallest absolute Gasteiger partial charge is 0.0619 e. The Morgan fingerprint density at radius 2 is 1.32 bits per heavy atom. The van der Waals surface area contributed by atoms with E-state index in [-0.39, 0.29) is 0 Å². The zero-order valence-corrected chi connectivity index (χ0v) is 32.2. The Hall–Kier alpha value is -6.84. The lowest BCUT2D eigenvalue weighted by atomic mass is 9.84. The first kappa shape index (κ1) is 33.5. The zero-order chi connectivity index (χ0) is 37.9.